The average molecular weight is 310 g/mol. The van der Waals surface area contributed by atoms with Crippen LogP contribution in [0.3, 0.4) is 0 Å². The van der Waals surface area contributed by atoms with Crippen LogP contribution in [0.25, 0.3) is 11.1 Å². The van der Waals surface area contributed by atoms with Crippen molar-refractivity contribution in [2.24, 2.45) is 0 Å². The van der Waals surface area contributed by atoms with Gasteiger partial charge in [0.15, 0.2) is 17.5 Å². The summed E-state index contributed by atoms with van der Waals surface area (Å²) < 4.78 is 49.9. The molecule has 22 heavy (non-hydrogen) atoms. The van der Waals surface area contributed by atoms with Gasteiger partial charge in [-0.15, -0.1) is 0 Å². The highest BCUT2D eigenvalue weighted by molar-refractivity contribution is 5.64. The number of ether oxygens (including phenoxy) is 2. The summed E-state index contributed by atoms with van der Waals surface area (Å²) in [4.78, 5) is 0. The van der Waals surface area contributed by atoms with Gasteiger partial charge in [-0.05, 0) is 48.2 Å². The number of unbranched alkanes of at least 4 members (excludes halogenated alkanes) is 1. The first-order valence-corrected chi connectivity index (χ1v) is 6.98. The van der Waals surface area contributed by atoms with Gasteiger partial charge in [0.05, 0.1) is 6.61 Å². The Balaban J connectivity index is 2.00. The fraction of sp³-hybridized carbons (Fsp3) is 0.294. The van der Waals surface area contributed by atoms with Gasteiger partial charge < -0.3 is 9.47 Å². The molecule has 0 aliphatic rings. The van der Waals surface area contributed by atoms with E-state index in [0.29, 0.717) is 24.5 Å². The van der Waals surface area contributed by atoms with Crippen LogP contribution in [0.4, 0.5) is 13.2 Å². The van der Waals surface area contributed by atoms with Gasteiger partial charge in [0, 0.05) is 13.7 Å². The lowest BCUT2D eigenvalue weighted by Crippen LogP contribution is -1.99. The molecule has 0 amide bonds. The molecule has 0 fully saturated rings. The van der Waals surface area contributed by atoms with Gasteiger partial charge in [0.25, 0.3) is 0 Å². The normalized spacial score (nSPS) is 10.7. The molecule has 2 rings (SSSR count). The fourth-order valence-electron chi connectivity index (χ4n) is 2.00. The summed E-state index contributed by atoms with van der Waals surface area (Å²) >= 11 is 0. The largest absolute Gasteiger partial charge is 0.494 e. The SMILES string of the molecule is COCCCCOc1ccc(-c2cc(F)c(F)c(F)c2)cc1. The predicted octanol–water partition coefficient (Wildman–Crippen LogP) is 4.58. The molecule has 0 aliphatic heterocycles. The van der Waals surface area contributed by atoms with Gasteiger partial charge in [-0.2, -0.15) is 0 Å². The summed E-state index contributed by atoms with van der Waals surface area (Å²) in [6, 6.07) is 8.72. The van der Waals surface area contributed by atoms with Crippen LogP contribution in [0.15, 0.2) is 36.4 Å². The van der Waals surface area contributed by atoms with Gasteiger partial charge >= 0.3 is 0 Å². The lowest BCUT2D eigenvalue weighted by atomic mass is 10.1. The molecule has 0 atom stereocenters. The van der Waals surface area contributed by atoms with Gasteiger partial charge in [0.1, 0.15) is 5.75 Å². The molecule has 0 aromatic heterocycles. The molecule has 0 N–H and O–H groups in total. The lowest BCUT2D eigenvalue weighted by Gasteiger charge is -2.08. The molecule has 0 saturated heterocycles. The maximum atomic E-state index is 13.2. The first kappa shape index (κ1) is 16.4. The fourth-order valence-corrected chi connectivity index (χ4v) is 2.00. The van der Waals surface area contributed by atoms with Crippen molar-refractivity contribution in [2.75, 3.05) is 20.3 Å². The molecule has 118 valence electrons. The molecule has 0 saturated carbocycles. The Bertz CT molecular complexity index is 589. The Morgan fingerprint density at radius 1 is 0.818 bits per heavy atom. The zero-order valence-electron chi connectivity index (χ0n) is 12.2. The van der Waals surface area contributed by atoms with E-state index < -0.39 is 17.5 Å². The van der Waals surface area contributed by atoms with E-state index in [0.717, 1.165) is 25.0 Å². The summed E-state index contributed by atoms with van der Waals surface area (Å²) in [6.07, 6.45) is 1.80. The molecule has 0 unspecified atom stereocenters. The van der Waals surface area contributed by atoms with Crippen LogP contribution in [0, 0.1) is 17.5 Å². The highest BCUT2D eigenvalue weighted by Gasteiger charge is 2.11. The number of benzene rings is 2. The third-order valence-electron chi connectivity index (χ3n) is 3.18. The van der Waals surface area contributed by atoms with E-state index in [2.05, 4.69) is 0 Å². The Morgan fingerprint density at radius 2 is 1.41 bits per heavy atom. The zero-order valence-corrected chi connectivity index (χ0v) is 12.2. The van der Waals surface area contributed by atoms with Crippen LogP contribution in [-0.4, -0.2) is 20.3 Å². The lowest BCUT2D eigenvalue weighted by molar-refractivity contribution is 0.184. The van der Waals surface area contributed by atoms with Crippen molar-refractivity contribution in [3.05, 3.63) is 53.8 Å². The van der Waals surface area contributed by atoms with Crippen LogP contribution in [-0.2, 0) is 4.74 Å². The molecule has 0 radical (unpaired) electrons. The van der Waals surface area contributed by atoms with E-state index in [9.17, 15) is 13.2 Å². The Hall–Kier alpha value is -2.01. The van der Waals surface area contributed by atoms with Crippen molar-refractivity contribution in [3.63, 3.8) is 0 Å². The number of methoxy groups -OCH3 is 1. The molecular weight excluding hydrogens is 293 g/mol. The van der Waals surface area contributed by atoms with Crippen molar-refractivity contribution in [2.45, 2.75) is 12.8 Å². The van der Waals surface area contributed by atoms with Crippen LogP contribution >= 0.6 is 0 Å². The molecule has 2 aromatic rings. The third kappa shape index (κ3) is 4.24. The zero-order chi connectivity index (χ0) is 15.9. The van der Waals surface area contributed by atoms with Crippen LogP contribution in [0.2, 0.25) is 0 Å². The number of hydrogen-bond acceptors (Lipinski definition) is 2. The minimum absolute atomic E-state index is 0.281. The minimum atomic E-state index is -1.46. The summed E-state index contributed by atoms with van der Waals surface area (Å²) in [7, 11) is 1.65. The van der Waals surface area contributed by atoms with E-state index >= 15 is 0 Å². The molecule has 2 nitrogen and oxygen atoms in total. The Labute approximate surface area is 127 Å². The first-order valence-electron chi connectivity index (χ1n) is 6.98. The quantitative estimate of drug-likeness (QED) is 0.550. The maximum Gasteiger partial charge on any atom is 0.194 e. The predicted molar refractivity (Wildman–Crippen MR) is 78.4 cm³/mol. The topological polar surface area (TPSA) is 18.5 Å². The highest BCUT2D eigenvalue weighted by atomic mass is 19.2. The molecule has 2 aromatic carbocycles. The smallest absolute Gasteiger partial charge is 0.194 e. The minimum Gasteiger partial charge on any atom is -0.494 e. The van der Waals surface area contributed by atoms with E-state index in [-0.39, 0.29) is 5.56 Å². The maximum absolute atomic E-state index is 13.2. The van der Waals surface area contributed by atoms with Crippen LogP contribution in [0.1, 0.15) is 12.8 Å². The van der Waals surface area contributed by atoms with Gasteiger partial charge in [-0.25, -0.2) is 13.2 Å². The second-order valence-electron chi connectivity index (χ2n) is 4.83. The molecule has 0 spiro atoms. The second-order valence-corrected chi connectivity index (χ2v) is 4.83. The molecule has 0 bridgehead atoms. The van der Waals surface area contributed by atoms with Crippen molar-refractivity contribution in [3.8, 4) is 16.9 Å². The van der Waals surface area contributed by atoms with E-state index in [1.54, 1.807) is 31.4 Å². The molecule has 0 aliphatic carbocycles. The van der Waals surface area contributed by atoms with Gasteiger partial charge in [-0.1, -0.05) is 12.1 Å². The molecule has 5 heteroatoms. The second kappa shape index (κ2) is 7.84. The van der Waals surface area contributed by atoms with E-state index in [1.165, 1.54) is 0 Å². The number of rotatable bonds is 7. The summed E-state index contributed by atoms with van der Waals surface area (Å²) in [5, 5.41) is 0. The van der Waals surface area contributed by atoms with Crippen molar-refractivity contribution >= 4 is 0 Å². The van der Waals surface area contributed by atoms with Crippen molar-refractivity contribution < 1.29 is 22.6 Å². The molecular formula is C17H17F3O2. The third-order valence-corrected chi connectivity index (χ3v) is 3.18. The summed E-state index contributed by atoms with van der Waals surface area (Å²) in [5.41, 5.74) is 0.868. The van der Waals surface area contributed by atoms with Gasteiger partial charge in [0.2, 0.25) is 0 Å². The number of hydrogen-bond donors (Lipinski definition) is 0. The highest BCUT2D eigenvalue weighted by Crippen LogP contribution is 2.25. The van der Waals surface area contributed by atoms with E-state index in [1.807, 2.05) is 0 Å². The standard InChI is InChI=1S/C17H17F3O2/c1-21-8-2-3-9-22-14-6-4-12(5-7-14)13-10-15(18)17(20)16(19)11-13/h4-7,10-11H,2-3,8-9H2,1H3. The average Bonchev–Trinajstić information content (AvgIpc) is 2.52. The molecule has 0 heterocycles. The Morgan fingerprint density at radius 3 is 2.00 bits per heavy atom. The van der Waals surface area contributed by atoms with Crippen molar-refractivity contribution in [1.82, 2.24) is 0 Å². The first-order chi connectivity index (χ1) is 10.6. The number of halogens is 3. The van der Waals surface area contributed by atoms with Crippen LogP contribution in [0.5, 0.6) is 5.75 Å². The summed E-state index contributed by atoms with van der Waals surface area (Å²) in [5.74, 6) is -3.19. The van der Waals surface area contributed by atoms with Crippen LogP contribution < -0.4 is 4.74 Å². The summed E-state index contributed by atoms with van der Waals surface area (Å²) in [6.45, 7) is 1.27. The van der Waals surface area contributed by atoms with E-state index in [4.69, 9.17) is 9.47 Å². The van der Waals surface area contributed by atoms with Crippen molar-refractivity contribution in [1.29, 1.82) is 0 Å². The monoisotopic (exact) mass is 310 g/mol. The van der Waals surface area contributed by atoms with Gasteiger partial charge in [-0.3, -0.25) is 0 Å². The Kier molecular flexibility index (Phi) is 5.83.